The maximum absolute atomic E-state index is 13.2. The Kier molecular flexibility index (Phi) is 13.2. The van der Waals surface area contributed by atoms with Crippen molar-refractivity contribution in [3.05, 3.63) is 28.8 Å². The van der Waals surface area contributed by atoms with Crippen molar-refractivity contribution < 1.29 is 32.1 Å². The van der Waals surface area contributed by atoms with Crippen LogP contribution in [0.5, 0.6) is 5.75 Å². The van der Waals surface area contributed by atoms with Gasteiger partial charge in [-0.25, -0.2) is 0 Å². The largest absolute Gasteiger partial charge is 2.00 e. The Balaban J connectivity index is 0. The number of nitrogens with zero attached hydrogens (tertiary/aromatic N) is 2. The number of likely N-dealkylation sites (N-methyl/N-ethyl adjacent to an activating group) is 1. The van der Waals surface area contributed by atoms with Crippen LogP contribution >= 0.6 is 0 Å². The molecule has 30 heavy (non-hydrogen) atoms. The Morgan fingerprint density at radius 3 is 1.80 bits per heavy atom. The van der Waals surface area contributed by atoms with Gasteiger partial charge in [0.05, 0.1) is 0 Å². The van der Waals surface area contributed by atoms with Gasteiger partial charge in [0, 0.05) is 31.6 Å². The molecule has 0 amide bonds. The molecule has 0 heterocycles. The van der Waals surface area contributed by atoms with Crippen molar-refractivity contribution in [2.24, 2.45) is 0 Å². The maximum Gasteiger partial charge on any atom is 2.00 e. The number of hydrogen-bond acceptors (Lipinski definition) is 5. The molecule has 0 atom stereocenters. The molecule has 0 N–H and O–H groups in total. The monoisotopic (exact) mass is 469 g/mol. The second kappa shape index (κ2) is 12.7. The topological polar surface area (TPSA) is 69.7 Å². The third kappa shape index (κ3) is 11.4. The van der Waals surface area contributed by atoms with Gasteiger partial charge in [0.2, 0.25) is 0 Å². The first-order chi connectivity index (χ1) is 13.0. The van der Waals surface area contributed by atoms with Gasteiger partial charge in [-0.15, -0.1) is 5.75 Å². The number of benzene rings is 1. The van der Waals surface area contributed by atoms with Gasteiger partial charge in [-0.05, 0) is 62.4 Å². The van der Waals surface area contributed by atoms with Crippen LogP contribution in [-0.2, 0) is 39.2 Å². The van der Waals surface area contributed by atoms with Crippen molar-refractivity contribution in [2.75, 3.05) is 27.2 Å². The zero-order valence-corrected chi connectivity index (χ0v) is 21.7. The molecule has 177 valence electrons. The summed E-state index contributed by atoms with van der Waals surface area (Å²) >= 11 is 0. The first kappa shape index (κ1) is 31.1. The van der Waals surface area contributed by atoms with E-state index < -0.39 is 5.97 Å². The fraction of sp³-hybridized carbons (Fsp3) is 0.708. The summed E-state index contributed by atoms with van der Waals surface area (Å²) < 4.78 is 0. The first-order valence-corrected chi connectivity index (χ1v) is 10.4. The SMILES string of the molecule is CC(=O)[O-].CC(C)N(CCN(C)C)Cc1cc(C(C)(C)C)cc(C(C)(C)C)c1[O-].[Cu+2]. The first-order valence-electron chi connectivity index (χ1n) is 10.4. The number of carboxylic acid groups (broad SMARTS) is 1. The Bertz CT molecular complexity index is 656. The average Bonchev–Trinajstić information content (AvgIpc) is 2.49. The molecule has 5 nitrogen and oxygen atoms in total. The van der Waals surface area contributed by atoms with E-state index in [9.17, 15) is 5.11 Å². The molecule has 1 aromatic rings. The molecule has 1 rings (SSSR count). The molecule has 0 aliphatic rings. The Morgan fingerprint density at radius 1 is 1.00 bits per heavy atom. The van der Waals surface area contributed by atoms with Crippen LogP contribution in [0.4, 0.5) is 0 Å². The quantitative estimate of drug-likeness (QED) is 0.599. The van der Waals surface area contributed by atoms with Crippen LogP contribution in [0.15, 0.2) is 12.1 Å². The third-order valence-electron chi connectivity index (χ3n) is 4.78. The van der Waals surface area contributed by atoms with Crippen LogP contribution in [0.2, 0.25) is 0 Å². The zero-order valence-electron chi connectivity index (χ0n) is 20.8. The van der Waals surface area contributed by atoms with Crippen molar-refractivity contribution in [3.8, 4) is 5.75 Å². The van der Waals surface area contributed by atoms with Crippen molar-refractivity contribution in [3.63, 3.8) is 0 Å². The van der Waals surface area contributed by atoms with E-state index in [0.29, 0.717) is 6.04 Å². The van der Waals surface area contributed by atoms with Crippen LogP contribution in [0.3, 0.4) is 0 Å². The molecule has 6 heteroatoms. The zero-order chi connectivity index (χ0) is 23.2. The smallest absolute Gasteiger partial charge is 0.872 e. The summed E-state index contributed by atoms with van der Waals surface area (Å²) in [7, 11) is 4.19. The standard InChI is InChI=1S/C22H40N2O.C2H4O2.Cu/c1-16(2)24(12-11-23(9)10)15-17-13-18(21(3,4)5)14-19(20(17)25)22(6,7)8;1-2(3)4;/h13-14,16,25H,11-12,15H2,1-10H3;1H3,(H,3,4);/q;;+2/p-2. The number of rotatable bonds is 6. The number of aliphatic carboxylic acids is 1. The van der Waals surface area contributed by atoms with E-state index in [0.717, 1.165) is 37.7 Å². The van der Waals surface area contributed by atoms with Gasteiger partial charge >= 0.3 is 17.1 Å². The van der Waals surface area contributed by atoms with E-state index in [-0.39, 0.29) is 33.6 Å². The predicted molar refractivity (Wildman–Crippen MR) is 118 cm³/mol. The van der Waals surface area contributed by atoms with Gasteiger partial charge in [0.25, 0.3) is 0 Å². The fourth-order valence-electron chi connectivity index (χ4n) is 2.86. The molecule has 1 radical (unpaired) electrons. The Labute approximate surface area is 195 Å². The second-order valence-corrected chi connectivity index (χ2v) is 10.4. The molecule has 0 saturated heterocycles. The van der Waals surface area contributed by atoms with Gasteiger partial charge < -0.3 is 19.9 Å². The van der Waals surface area contributed by atoms with Crippen molar-refractivity contribution in [1.82, 2.24) is 9.80 Å². The van der Waals surface area contributed by atoms with Crippen LogP contribution < -0.4 is 10.2 Å². The van der Waals surface area contributed by atoms with E-state index in [2.05, 4.69) is 91.4 Å². The summed E-state index contributed by atoms with van der Waals surface area (Å²) in [6, 6.07) is 4.68. The van der Waals surface area contributed by atoms with Crippen LogP contribution in [0.25, 0.3) is 0 Å². The summed E-state index contributed by atoms with van der Waals surface area (Å²) in [6.07, 6.45) is 0. The molecular weight excluding hydrogens is 428 g/mol. The Morgan fingerprint density at radius 2 is 1.47 bits per heavy atom. The van der Waals surface area contributed by atoms with Gasteiger partial charge in [-0.2, -0.15) is 0 Å². The maximum atomic E-state index is 13.2. The van der Waals surface area contributed by atoms with E-state index in [1.807, 2.05) is 0 Å². The van der Waals surface area contributed by atoms with Crippen molar-refractivity contribution >= 4 is 5.97 Å². The van der Waals surface area contributed by atoms with Gasteiger partial charge in [-0.1, -0.05) is 53.7 Å². The molecule has 0 aromatic heterocycles. The molecule has 0 fully saturated rings. The van der Waals surface area contributed by atoms with Crippen LogP contribution in [-0.4, -0.2) is 49.0 Å². The van der Waals surface area contributed by atoms with E-state index >= 15 is 0 Å². The van der Waals surface area contributed by atoms with Crippen LogP contribution in [0.1, 0.15) is 79.0 Å². The van der Waals surface area contributed by atoms with Crippen LogP contribution in [0, 0.1) is 0 Å². The molecule has 1 aromatic carbocycles. The second-order valence-electron chi connectivity index (χ2n) is 10.4. The van der Waals surface area contributed by atoms with Crippen molar-refractivity contribution in [2.45, 2.75) is 85.7 Å². The average molecular weight is 470 g/mol. The van der Waals surface area contributed by atoms with E-state index in [1.54, 1.807) is 0 Å². The molecule has 0 spiro atoms. The van der Waals surface area contributed by atoms with Gasteiger partial charge in [0.1, 0.15) is 0 Å². The molecule has 0 saturated carbocycles. The normalized spacial score (nSPS) is 11.9. The minimum atomic E-state index is -1.08. The van der Waals surface area contributed by atoms with E-state index in [1.165, 1.54) is 5.56 Å². The van der Waals surface area contributed by atoms with Gasteiger partial charge in [-0.3, -0.25) is 4.90 Å². The molecule has 0 aliphatic carbocycles. The summed E-state index contributed by atoms with van der Waals surface area (Å²) in [5.41, 5.74) is 3.02. The number of hydrogen-bond donors (Lipinski definition) is 0. The summed E-state index contributed by atoms with van der Waals surface area (Å²) in [5, 5.41) is 22.0. The van der Waals surface area contributed by atoms with Gasteiger partial charge in [0.15, 0.2) is 0 Å². The summed E-state index contributed by atoms with van der Waals surface area (Å²) in [4.78, 5) is 13.5. The minimum absolute atomic E-state index is 0. The molecule has 0 aliphatic heterocycles. The Hall–Kier alpha value is -1.07. The summed E-state index contributed by atoms with van der Waals surface area (Å²) in [6.45, 7) is 21.1. The molecule has 0 bridgehead atoms. The predicted octanol–water partition coefficient (Wildman–Crippen LogP) is 2.88. The van der Waals surface area contributed by atoms with Crippen molar-refractivity contribution in [1.29, 1.82) is 0 Å². The third-order valence-corrected chi connectivity index (χ3v) is 4.78. The molecule has 0 unspecified atom stereocenters. The fourth-order valence-corrected chi connectivity index (χ4v) is 2.86. The van der Waals surface area contributed by atoms with E-state index in [4.69, 9.17) is 9.90 Å². The molecular formula is C24H42CuN2O3. The number of carboxylic acids is 1. The summed E-state index contributed by atoms with van der Waals surface area (Å²) in [5.74, 6) is -0.865. The number of carbonyl (C=O) groups excluding carboxylic acids is 1. The minimum Gasteiger partial charge on any atom is -0.872 e. The number of carbonyl (C=O) groups is 1.